The minimum Gasteiger partial charge on any atom is -0.387 e. The van der Waals surface area contributed by atoms with Gasteiger partial charge in [0.1, 0.15) is 54.6 Å². The first-order chi connectivity index (χ1) is 37.2. The first-order valence-corrected chi connectivity index (χ1v) is 28.5. The number of carbonyl (C=O) groups is 1. The molecular weight excluding hydrogens is 1150 g/mol. The number of aromatic amines is 2. The first-order valence-electron chi connectivity index (χ1n) is 22.5. The molecule has 16 atom stereocenters. The van der Waals surface area contributed by atoms with E-state index in [9.17, 15) is 62.4 Å². The van der Waals surface area contributed by atoms with E-state index in [1.807, 2.05) is 0 Å². The first kappa shape index (κ1) is 58.0. The second-order valence-electron chi connectivity index (χ2n) is 17.2. The third-order valence-corrected chi connectivity index (χ3v) is 17.6. The van der Waals surface area contributed by atoms with Crippen LogP contribution in [0.5, 0.6) is 0 Å². The summed E-state index contributed by atoms with van der Waals surface area (Å²) in [6, 6.07) is 0. The molecule has 44 heteroatoms. The van der Waals surface area contributed by atoms with E-state index in [1.165, 1.54) is 23.3 Å². The summed E-state index contributed by atoms with van der Waals surface area (Å²) in [6.07, 6.45) is -13.1. The second kappa shape index (κ2) is 22.4. The molecule has 0 radical (unpaired) electrons. The Morgan fingerprint density at radius 3 is 1.68 bits per heavy atom. The van der Waals surface area contributed by atoms with Crippen molar-refractivity contribution in [2.24, 2.45) is 5.92 Å². The van der Waals surface area contributed by atoms with E-state index >= 15 is 0 Å². The maximum atomic E-state index is 13.7. The Labute approximate surface area is 438 Å². The Balaban J connectivity index is 0.878. The summed E-state index contributed by atoms with van der Waals surface area (Å²) in [6.45, 7) is -3.24. The molecule has 432 valence electrons. The molecule has 0 saturated carbocycles. The fraction of sp³-hybridized carbons (Fsp3) is 0.543. The zero-order valence-corrected chi connectivity index (χ0v) is 44.2. The van der Waals surface area contributed by atoms with E-state index in [1.54, 1.807) is 0 Å². The number of imidazole rings is 3. The average Bonchev–Trinajstić information content (AvgIpc) is 4.38. The van der Waals surface area contributed by atoms with Gasteiger partial charge in [-0.2, -0.15) is 18.6 Å². The lowest BCUT2D eigenvalue weighted by Gasteiger charge is -2.26. The number of nitrogens with one attached hydrogen (secondary N) is 3. The Morgan fingerprint density at radius 1 is 0.633 bits per heavy atom. The van der Waals surface area contributed by atoms with Crippen molar-refractivity contribution in [3.05, 3.63) is 46.0 Å². The fourth-order valence-corrected chi connectivity index (χ4v) is 13.4. The topological polar surface area (TPSA) is 569 Å². The van der Waals surface area contributed by atoms with Crippen LogP contribution in [0.2, 0.25) is 0 Å². The number of phosphoric acid groups is 4. The van der Waals surface area contributed by atoms with Crippen molar-refractivity contribution in [2.75, 3.05) is 58.3 Å². The van der Waals surface area contributed by atoms with Crippen molar-refractivity contribution in [3.63, 3.8) is 0 Å². The van der Waals surface area contributed by atoms with E-state index in [0.717, 1.165) is 37.0 Å². The summed E-state index contributed by atoms with van der Waals surface area (Å²) in [5.74, 6) is -2.28. The van der Waals surface area contributed by atoms with E-state index in [-0.39, 0.29) is 57.6 Å². The predicted octanol–water partition coefficient (Wildman–Crippen LogP) is -3.09. The van der Waals surface area contributed by atoms with Gasteiger partial charge in [-0.25, -0.2) is 43.2 Å². The number of anilines is 3. The maximum absolute atomic E-state index is 13.7. The molecule has 9 rings (SSSR count). The second-order valence-corrected chi connectivity index (χ2v) is 23.3. The van der Waals surface area contributed by atoms with Crippen LogP contribution in [0.4, 0.5) is 17.7 Å². The Morgan fingerprint density at radius 2 is 1.11 bits per heavy atom. The number of H-pyrrole nitrogens is 2. The number of ether oxygens (including phenoxy) is 5. The third-order valence-electron chi connectivity index (χ3n) is 12.3. The van der Waals surface area contributed by atoms with Crippen LogP contribution in [0.15, 0.2) is 34.9 Å². The number of nitrogens with zero attached hydrogens (tertiary/aromatic N) is 10. The molecule has 40 nitrogen and oxygen atoms in total. The molecule has 3 aliphatic rings. The van der Waals surface area contributed by atoms with Crippen LogP contribution in [0.1, 0.15) is 25.1 Å². The van der Waals surface area contributed by atoms with Gasteiger partial charge in [-0.15, -0.1) is 0 Å². The normalized spacial score (nSPS) is 29.4. The molecular formula is C35H48N16O24P4. The number of methoxy groups -OCH3 is 2. The molecule has 0 aliphatic carbocycles. The predicted molar refractivity (Wildman–Crippen MR) is 257 cm³/mol. The molecule has 5 unspecified atom stereocenters. The minimum atomic E-state index is -6.21. The summed E-state index contributed by atoms with van der Waals surface area (Å²) in [5.41, 5.74) is 15.4. The molecule has 0 bridgehead atoms. The van der Waals surface area contributed by atoms with Crippen LogP contribution in [0, 0.1) is 5.92 Å². The molecule has 6 aromatic rings. The van der Waals surface area contributed by atoms with Gasteiger partial charge in [-0.3, -0.25) is 56.1 Å². The van der Waals surface area contributed by atoms with Gasteiger partial charge in [-0.05, 0) is 0 Å². The molecule has 15 N–H and O–H groups in total. The quantitative estimate of drug-likeness (QED) is 0.0300. The number of nitrogen functional groups attached to an aromatic ring is 3. The van der Waals surface area contributed by atoms with Crippen LogP contribution >= 0.6 is 31.3 Å². The van der Waals surface area contributed by atoms with Crippen LogP contribution in [-0.2, 0) is 73.5 Å². The van der Waals surface area contributed by atoms with Gasteiger partial charge in [0.25, 0.3) is 11.1 Å². The Kier molecular flexibility index (Phi) is 16.4. The summed E-state index contributed by atoms with van der Waals surface area (Å²) >= 11 is 0. The Hall–Kier alpha value is -5.64. The van der Waals surface area contributed by atoms with Crippen molar-refractivity contribution < 1.29 is 103 Å². The number of phosphoric ester groups is 3. The highest BCUT2D eigenvalue weighted by atomic mass is 31.3. The van der Waals surface area contributed by atoms with Crippen LogP contribution in [0.3, 0.4) is 0 Å². The molecule has 0 aromatic carbocycles. The molecule has 79 heavy (non-hydrogen) atoms. The summed E-state index contributed by atoms with van der Waals surface area (Å²) in [5, 5.41) is 24.2. The van der Waals surface area contributed by atoms with Crippen molar-refractivity contribution in [3.8, 4) is 0 Å². The zero-order chi connectivity index (χ0) is 57.1. The van der Waals surface area contributed by atoms with E-state index in [0.29, 0.717) is 0 Å². The summed E-state index contributed by atoms with van der Waals surface area (Å²) in [4.78, 5) is 113. The highest BCUT2D eigenvalue weighted by Gasteiger charge is 2.54. The van der Waals surface area contributed by atoms with Gasteiger partial charge >= 0.3 is 31.3 Å². The van der Waals surface area contributed by atoms with Crippen LogP contribution in [0.25, 0.3) is 33.5 Å². The standard InChI is InChI=1S/C35H48N16O24P4/c1-39-16(52)4-12-13(70-32(22(12)65-2)51-11-44-19-28(51)46-35(38)48-30(19)56)5-68-77(59,60)74-79(63,64)75-78(61,62)69-7-15-23(24(66-3)33(72-15)49-9-42-17-25(36)40-8-41-26(17)49)73-76(57,58)67-6-14-20(53)21(54)31(71-14)50-10-43-18-27(50)45-34(37)47-29(18)55/h8-15,20-24,31-33,53-54H,4-7H2,1-3H3,(H,39,52)(H,57,58)(H,59,60)(H,61,62)(H,63,64)(H2,36,40,41)(H3,37,45,47,55)(H3,38,46,48,56)/t12-,13-,14-,15?,20-,21-,22-,23-,24-,31-,32-,33-/m1/s1. The highest BCUT2D eigenvalue weighted by Crippen LogP contribution is 2.68. The number of nitrogens with two attached hydrogens (primary N) is 3. The highest BCUT2D eigenvalue weighted by molar-refractivity contribution is 7.66. The lowest BCUT2D eigenvalue weighted by Crippen LogP contribution is -2.38. The van der Waals surface area contributed by atoms with E-state index in [4.69, 9.17) is 59.0 Å². The number of amides is 1. The van der Waals surface area contributed by atoms with Gasteiger partial charge in [0.05, 0.1) is 44.9 Å². The van der Waals surface area contributed by atoms with Crippen molar-refractivity contribution in [1.82, 2.24) is 63.9 Å². The van der Waals surface area contributed by atoms with E-state index < -0.39 is 142 Å². The lowest BCUT2D eigenvalue weighted by atomic mass is 9.94. The molecule has 6 aromatic heterocycles. The number of rotatable bonds is 22. The number of aromatic nitrogens is 12. The molecule has 3 fully saturated rings. The van der Waals surface area contributed by atoms with Crippen molar-refractivity contribution in [1.29, 1.82) is 0 Å². The SMILES string of the molecule is CNC(=O)C[C@H]1[C@@H](OC)[C@H](n2cnc3c(=O)[nH]c(N)nc32)O[C@@H]1COP(=O)(O)OP(=O)(O)OP(=O)(O)OCC1O[C@@H](n2cnc3c(N)ncnc32)[C@H](OC)[C@@H]1OP(=O)(O)OC[C@H]1O[C@@H](n2cnc3c(=O)[nH]c(N)nc32)[C@H](O)[C@@H]1O. The summed E-state index contributed by atoms with van der Waals surface area (Å²) < 4.78 is 115. The third kappa shape index (κ3) is 12.1. The monoisotopic (exact) mass is 1200 g/mol. The van der Waals surface area contributed by atoms with Crippen LogP contribution < -0.4 is 33.6 Å². The van der Waals surface area contributed by atoms with Gasteiger partial charge in [0.2, 0.25) is 17.8 Å². The van der Waals surface area contributed by atoms with Gasteiger partial charge in [0.15, 0.2) is 52.5 Å². The number of aliphatic hydroxyl groups excluding tert-OH is 2. The summed E-state index contributed by atoms with van der Waals surface area (Å²) in [7, 11) is -19.8. The number of carbonyl (C=O) groups excluding carboxylic acids is 1. The average molecular weight is 1200 g/mol. The Bertz CT molecular complexity index is 3580. The van der Waals surface area contributed by atoms with Crippen molar-refractivity contribution >= 4 is 88.4 Å². The number of hydrogen-bond donors (Lipinski definition) is 12. The van der Waals surface area contributed by atoms with Gasteiger partial charge < -0.3 is 76.0 Å². The van der Waals surface area contributed by atoms with Gasteiger partial charge in [0, 0.05) is 33.6 Å². The molecule has 9 heterocycles. The van der Waals surface area contributed by atoms with Crippen LogP contribution in [-0.4, -0.2) is 184 Å². The number of hydrogen-bond acceptors (Lipinski definition) is 30. The number of aliphatic hydroxyl groups is 2. The fourth-order valence-electron chi connectivity index (χ4n) is 8.89. The number of fused-ring (bicyclic) bond motifs is 3. The lowest BCUT2D eigenvalue weighted by molar-refractivity contribution is -0.122. The molecule has 3 saturated heterocycles. The largest absolute Gasteiger partial charge is 0.490 e. The maximum Gasteiger partial charge on any atom is 0.490 e. The molecule has 1 amide bonds. The van der Waals surface area contributed by atoms with Gasteiger partial charge in [-0.1, -0.05) is 0 Å². The van der Waals surface area contributed by atoms with E-state index in [2.05, 4.69) is 58.8 Å². The molecule has 0 spiro atoms. The van der Waals surface area contributed by atoms with Crippen molar-refractivity contribution in [2.45, 2.75) is 73.9 Å². The molecule has 3 aliphatic heterocycles. The minimum absolute atomic E-state index is 0.00876. The smallest absolute Gasteiger partial charge is 0.387 e. The zero-order valence-electron chi connectivity index (χ0n) is 40.6.